The summed E-state index contributed by atoms with van der Waals surface area (Å²) in [6.07, 6.45) is 5.71. The van der Waals surface area contributed by atoms with E-state index >= 15 is 0 Å². The van der Waals surface area contributed by atoms with Crippen LogP contribution in [0.4, 0.5) is 17.3 Å². The van der Waals surface area contributed by atoms with Gasteiger partial charge in [-0.25, -0.2) is 9.97 Å². The third kappa shape index (κ3) is 3.68. The number of anilines is 2. The Morgan fingerprint density at radius 2 is 2.15 bits per heavy atom. The van der Waals surface area contributed by atoms with Crippen molar-refractivity contribution >= 4 is 23.2 Å². The van der Waals surface area contributed by atoms with Crippen molar-refractivity contribution in [3.8, 4) is 0 Å². The quantitative estimate of drug-likeness (QED) is 0.614. The van der Waals surface area contributed by atoms with Crippen molar-refractivity contribution < 1.29 is 9.72 Å². The van der Waals surface area contributed by atoms with Gasteiger partial charge in [0, 0.05) is 18.8 Å². The number of nitrogens with one attached hydrogen (secondary N) is 2. The number of carbonyl (C=O) groups is 1. The fraction of sp³-hybridized carbons (Fsp3) is 0.375. The van der Waals surface area contributed by atoms with Crippen LogP contribution in [0.5, 0.6) is 0 Å². The number of piperidine rings is 1. The molecule has 0 saturated carbocycles. The fourth-order valence-electron chi connectivity index (χ4n) is 2.93. The number of rotatable bonds is 5. The molecule has 2 N–H and O–H groups in total. The topological polar surface area (TPSA) is 126 Å². The van der Waals surface area contributed by atoms with Gasteiger partial charge in [-0.1, -0.05) is 6.07 Å². The molecule has 10 heteroatoms. The molecule has 0 aliphatic carbocycles. The molecule has 0 bridgehead atoms. The van der Waals surface area contributed by atoms with Crippen LogP contribution in [0, 0.1) is 10.1 Å². The van der Waals surface area contributed by atoms with Gasteiger partial charge in [-0.05, 0) is 38.3 Å². The van der Waals surface area contributed by atoms with Gasteiger partial charge in [-0.3, -0.25) is 30.7 Å². The lowest BCUT2D eigenvalue weighted by Gasteiger charge is -2.33. The highest BCUT2D eigenvalue weighted by Crippen LogP contribution is 2.34. The van der Waals surface area contributed by atoms with E-state index < -0.39 is 10.8 Å². The van der Waals surface area contributed by atoms with Gasteiger partial charge in [0.05, 0.1) is 4.92 Å². The van der Waals surface area contributed by atoms with Crippen LogP contribution < -0.4 is 15.8 Å². The van der Waals surface area contributed by atoms with E-state index in [1.54, 1.807) is 12.1 Å². The zero-order valence-electron chi connectivity index (χ0n) is 14.3. The first-order valence-corrected chi connectivity index (χ1v) is 8.31. The third-order valence-corrected chi connectivity index (χ3v) is 4.25. The van der Waals surface area contributed by atoms with Gasteiger partial charge < -0.3 is 4.90 Å². The summed E-state index contributed by atoms with van der Waals surface area (Å²) in [5.41, 5.74) is 4.84. The number of nitrogens with zero attached hydrogens (tertiary/aromatic N) is 5. The molecule has 26 heavy (non-hydrogen) atoms. The van der Waals surface area contributed by atoms with E-state index in [0.717, 1.165) is 19.3 Å². The SMILES string of the molecule is CC1CCCCN1c1ncnc(NNC(=O)c2ccccn2)c1[N+](=O)[O-]. The van der Waals surface area contributed by atoms with Crippen molar-refractivity contribution in [3.05, 3.63) is 46.5 Å². The molecule has 136 valence electrons. The standard InChI is InChI=1S/C16H19N7O3/c1-11-6-3-5-9-22(11)15-13(23(25)26)14(18-10-19-15)20-21-16(24)12-7-2-4-8-17-12/h2,4,7-8,10-11H,3,5-6,9H2,1H3,(H,21,24)(H,18,19,20). The molecule has 1 aliphatic heterocycles. The van der Waals surface area contributed by atoms with Crippen LogP contribution in [0.1, 0.15) is 36.7 Å². The first kappa shape index (κ1) is 17.5. The van der Waals surface area contributed by atoms with Gasteiger partial charge >= 0.3 is 5.69 Å². The Balaban J connectivity index is 1.84. The Bertz CT molecular complexity index is 800. The van der Waals surface area contributed by atoms with Gasteiger partial charge in [0.25, 0.3) is 5.91 Å². The Kier molecular flexibility index (Phi) is 5.20. The van der Waals surface area contributed by atoms with Crippen LogP contribution in [-0.2, 0) is 0 Å². The Labute approximate surface area is 149 Å². The summed E-state index contributed by atoms with van der Waals surface area (Å²) in [6.45, 7) is 2.71. The minimum atomic E-state index is -0.536. The average Bonchev–Trinajstić information content (AvgIpc) is 2.66. The van der Waals surface area contributed by atoms with Crippen molar-refractivity contribution in [3.63, 3.8) is 0 Å². The molecular formula is C16H19N7O3. The number of hydrogen-bond acceptors (Lipinski definition) is 8. The monoisotopic (exact) mass is 357 g/mol. The van der Waals surface area contributed by atoms with Gasteiger partial charge in [0.1, 0.15) is 12.0 Å². The molecule has 1 amide bonds. The summed E-state index contributed by atoms with van der Waals surface area (Å²) in [6, 6.07) is 5.04. The number of nitro groups is 1. The highest BCUT2D eigenvalue weighted by atomic mass is 16.6. The van der Waals surface area contributed by atoms with E-state index in [1.807, 2.05) is 11.8 Å². The first-order valence-electron chi connectivity index (χ1n) is 8.31. The highest BCUT2D eigenvalue weighted by molar-refractivity contribution is 5.93. The second-order valence-electron chi connectivity index (χ2n) is 5.98. The molecule has 0 aromatic carbocycles. The summed E-state index contributed by atoms with van der Waals surface area (Å²) in [5, 5.41) is 11.6. The second kappa shape index (κ2) is 7.72. The lowest BCUT2D eigenvalue weighted by Crippen LogP contribution is -2.39. The van der Waals surface area contributed by atoms with E-state index in [2.05, 4.69) is 25.8 Å². The van der Waals surface area contributed by atoms with Crippen LogP contribution in [0.15, 0.2) is 30.7 Å². The van der Waals surface area contributed by atoms with E-state index in [-0.39, 0.29) is 29.1 Å². The molecule has 10 nitrogen and oxygen atoms in total. The Hall–Kier alpha value is -3.30. The second-order valence-corrected chi connectivity index (χ2v) is 5.98. The summed E-state index contributed by atoms with van der Waals surface area (Å²) in [4.78, 5) is 37.1. The van der Waals surface area contributed by atoms with Gasteiger partial charge in [-0.2, -0.15) is 0 Å². The minimum absolute atomic E-state index is 0.0675. The van der Waals surface area contributed by atoms with Crippen molar-refractivity contribution in [2.75, 3.05) is 16.9 Å². The smallest absolute Gasteiger partial charge is 0.348 e. The van der Waals surface area contributed by atoms with Crippen LogP contribution >= 0.6 is 0 Å². The normalized spacial score (nSPS) is 16.8. The molecule has 0 radical (unpaired) electrons. The lowest BCUT2D eigenvalue weighted by atomic mass is 10.0. The number of carbonyl (C=O) groups excluding carboxylic acids is 1. The van der Waals surface area contributed by atoms with Gasteiger partial charge in [0.15, 0.2) is 0 Å². The summed E-state index contributed by atoms with van der Waals surface area (Å²) in [7, 11) is 0. The summed E-state index contributed by atoms with van der Waals surface area (Å²) < 4.78 is 0. The zero-order valence-corrected chi connectivity index (χ0v) is 14.3. The largest absolute Gasteiger partial charge is 0.355 e. The number of pyridine rings is 1. The molecule has 1 aliphatic rings. The van der Waals surface area contributed by atoms with Crippen molar-refractivity contribution in [2.45, 2.75) is 32.2 Å². The highest BCUT2D eigenvalue weighted by Gasteiger charge is 2.31. The zero-order chi connectivity index (χ0) is 18.5. The van der Waals surface area contributed by atoms with Crippen molar-refractivity contribution in [1.82, 2.24) is 20.4 Å². The van der Waals surface area contributed by atoms with E-state index in [9.17, 15) is 14.9 Å². The molecule has 1 saturated heterocycles. The maximum absolute atomic E-state index is 12.1. The maximum atomic E-state index is 12.1. The number of hydrogen-bond donors (Lipinski definition) is 2. The Morgan fingerprint density at radius 3 is 2.85 bits per heavy atom. The van der Waals surface area contributed by atoms with E-state index in [1.165, 1.54) is 18.6 Å². The van der Waals surface area contributed by atoms with Crippen molar-refractivity contribution in [1.29, 1.82) is 0 Å². The number of aromatic nitrogens is 3. The number of hydrazine groups is 1. The van der Waals surface area contributed by atoms with Crippen LogP contribution in [0.2, 0.25) is 0 Å². The van der Waals surface area contributed by atoms with Gasteiger partial charge in [-0.15, -0.1) is 0 Å². The predicted octanol–water partition coefficient (Wildman–Crippen LogP) is 1.92. The summed E-state index contributed by atoms with van der Waals surface area (Å²) >= 11 is 0. The molecule has 0 spiro atoms. The Morgan fingerprint density at radius 1 is 1.31 bits per heavy atom. The first-order chi connectivity index (χ1) is 12.6. The molecule has 3 heterocycles. The molecule has 1 atom stereocenters. The van der Waals surface area contributed by atoms with Crippen LogP contribution in [0.3, 0.4) is 0 Å². The lowest BCUT2D eigenvalue weighted by molar-refractivity contribution is -0.383. The third-order valence-electron chi connectivity index (χ3n) is 4.25. The molecule has 1 fully saturated rings. The molecule has 2 aromatic rings. The molecule has 3 rings (SSSR count). The van der Waals surface area contributed by atoms with Crippen LogP contribution in [0.25, 0.3) is 0 Å². The molecule has 2 aromatic heterocycles. The van der Waals surface area contributed by atoms with E-state index in [4.69, 9.17) is 0 Å². The molecular weight excluding hydrogens is 338 g/mol. The fourth-order valence-corrected chi connectivity index (χ4v) is 2.93. The van der Waals surface area contributed by atoms with Crippen LogP contribution in [-0.4, -0.2) is 38.4 Å². The van der Waals surface area contributed by atoms with Gasteiger partial charge in [0.2, 0.25) is 11.6 Å². The number of amides is 1. The summed E-state index contributed by atoms with van der Waals surface area (Å²) in [5.74, 6) is -0.333. The predicted molar refractivity (Wildman–Crippen MR) is 94.7 cm³/mol. The average molecular weight is 357 g/mol. The minimum Gasteiger partial charge on any atom is -0.348 e. The van der Waals surface area contributed by atoms with Crippen molar-refractivity contribution in [2.24, 2.45) is 0 Å². The maximum Gasteiger partial charge on any atom is 0.355 e. The molecule has 1 unspecified atom stereocenters. The van der Waals surface area contributed by atoms with E-state index in [0.29, 0.717) is 6.54 Å².